The summed E-state index contributed by atoms with van der Waals surface area (Å²) in [4.78, 5) is 29.0. The van der Waals surface area contributed by atoms with Crippen molar-refractivity contribution in [2.45, 2.75) is 5.16 Å². The van der Waals surface area contributed by atoms with Crippen LogP contribution in [0.2, 0.25) is 5.02 Å². The normalized spacial score (nSPS) is 10.9. The fraction of sp³-hybridized carbons (Fsp3) is 0.0667. The van der Waals surface area contributed by atoms with E-state index in [0.717, 1.165) is 30.0 Å². The molecule has 0 unspecified atom stereocenters. The van der Waals surface area contributed by atoms with E-state index >= 15 is 0 Å². The molecule has 0 aliphatic heterocycles. The van der Waals surface area contributed by atoms with E-state index in [-0.39, 0.29) is 27.7 Å². The van der Waals surface area contributed by atoms with Gasteiger partial charge < -0.3 is 10.3 Å². The van der Waals surface area contributed by atoms with Gasteiger partial charge >= 0.3 is 0 Å². The first-order valence-electron chi connectivity index (χ1n) is 7.05. The predicted octanol–water partition coefficient (Wildman–Crippen LogP) is 4.13. The molecule has 0 aliphatic carbocycles. The highest BCUT2D eigenvalue weighted by atomic mass is 35.5. The largest absolute Gasteiger partial charge is 0.333 e. The fourth-order valence-electron chi connectivity index (χ4n) is 2.09. The number of H-pyrrole nitrogens is 1. The molecule has 0 saturated carbocycles. The molecule has 0 atom stereocenters. The molecule has 0 radical (unpaired) electrons. The minimum Gasteiger partial charge on any atom is -0.333 e. The van der Waals surface area contributed by atoms with E-state index in [9.17, 15) is 23.7 Å². The lowest BCUT2D eigenvalue weighted by Gasteiger charge is -2.06. The third-order valence-electron chi connectivity index (χ3n) is 3.28. The van der Waals surface area contributed by atoms with Gasteiger partial charge in [0.15, 0.2) is 16.8 Å². The Morgan fingerprint density at radius 2 is 2.04 bits per heavy atom. The van der Waals surface area contributed by atoms with Crippen LogP contribution in [0.25, 0.3) is 11.0 Å². The standard InChI is InChI=1S/C15H9ClF2N4O3S/c16-8-2-1-7(22(24)25)3-11(8)19-14(23)6-26-15-20-12-4-9(17)10(18)5-13(12)21-15/h1-5H,6H2,(H,19,23)(H,20,21). The molecule has 11 heteroatoms. The van der Waals surface area contributed by atoms with Crippen LogP contribution in [0.4, 0.5) is 20.2 Å². The van der Waals surface area contributed by atoms with Crippen molar-refractivity contribution in [2.24, 2.45) is 0 Å². The van der Waals surface area contributed by atoms with Crippen molar-refractivity contribution in [1.29, 1.82) is 0 Å². The van der Waals surface area contributed by atoms with E-state index in [1.54, 1.807) is 0 Å². The average molecular weight is 399 g/mol. The van der Waals surface area contributed by atoms with E-state index in [2.05, 4.69) is 15.3 Å². The average Bonchev–Trinajstić information content (AvgIpc) is 2.97. The molecule has 134 valence electrons. The Bertz CT molecular complexity index is 989. The van der Waals surface area contributed by atoms with Crippen molar-refractivity contribution in [3.8, 4) is 0 Å². The molecule has 7 nitrogen and oxygen atoms in total. The van der Waals surface area contributed by atoms with Gasteiger partial charge in [-0.1, -0.05) is 23.4 Å². The molecule has 0 saturated heterocycles. The summed E-state index contributed by atoms with van der Waals surface area (Å²) in [5.74, 6) is -2.59. The Balaban J connectivity index is 1.68. The predicted molar refractivity (Wildman–Crippen MR) is 93.5 cm³/mol. The van der Waals surface area contributed by atoms with Crippen LogP contribution in [0.5, 0.6) is 0 Å². The number of carbonyl (C=O) groups excluding carboxylic acids is 1. The lowest BCUT2D eigenvalue weighted by molar-refractivity contribution is -0.384. The maximum Gasteiger partial charge on any atom is 0.271 e. The molecule has 1 heterocycles. The van der Waals surface area contributed by atoms with Crippen LogP contribution in [0.3, 0.4) is 0 Å². The number of imidazole rings is 1. The fourth-order valence-corrected chi connectivity index (χ4v) is 2.94. The van der Waals surface area contributed by atoms with Crippen molar-refractivity contribution in [3.63, 3.8) is 0 Å². The Labute approximate surface area is 153 Å². The summed E-state index contributed by atoms with van der Waals surface area (Å²) in [6.07, 6.45) is 0. The molecule has 3 rings (SSSR count). The third kappa shape index (κ3) is 3.92. The number of nitrogens with one attached hydrogen (secondary N) is 2. The number of nitrogens with zero attached hydrogens (tertiary/aromatic N) is 2. The van der Waals surface area contributed by atoms with Gasteiger partial charge in [-0.25, -0.2) is 13.8 Å². The van der Waals surface area contributed by atoms with Gasteiger partial charge in [0.05, 0.1) is 32.4 Å². The van der Waals surface area contributed by atoms with Gasteiger partial charge in [0.1, 0.15) is 0 Å². The molecular weight excluding hydrogens is 390 g/mol. The van der Waals surface area contributed by atoms with E-state index in [1.807, 2.05) is 0 Å². The highest BCUT2D eigenvalue weighted by molar-refractivity contribution is 7.99. The first-order valence-corrected chi connectivity index (χ1v) is 8.41. The molecule has 26 heavy (non-hydrogen) atoms. The molecular formula is C15H9ClF2N4O3S. The number of rotatable bonds is 5. The van der Waals surface area contributed by atoms with Gasteiger partial charge in [-0.05, 0) is 6.07 Å². The Hall–Kier alpha value is -2.72. The van der Waals surface area contributed by atoms with Crippen LogP contribution in [0.1, 0.15) is 0 Å². The first kappa shape index (κ1) is 18.1. The minimum absolute atomic E-state index is 0.0934. The summed E-state index contributed by atoms with van der Waals surface area (Å²) in [6.45, 7) is 0. The number of fused-ring (bicyclic) bond motifs is 1. The second-order valence-corrected chi connectivity index (χ2v) is 6.45. The van der Waals surface area contributed by atoms with Crippen LogP contribution in [0.15, 0.2) is 35.5 Å². The smallest absolute Gasteiger partial charge is 0.271 e. The third-order valence-corrected chi connectivity index (χ3v) is 4.48. The summed E-state index contributed by atoms with van der Waals surface area (Å²) in [6, 6.07) is 5.61. The lowest BCUT2D eigenvalue weighted by atomic mass is 10.3. The quantitative estimate of drug-likeness (QED) is 0.382. The van der Waals surface area contributed by atoms with Crippen molar-refractivity contribution >= 4 is 51.7 Å². The summed E-state index contributed by atoms with van der Waals surface area (Å²) >= 11 is 6.91. The number of thioether (sulfide) groups is 1. The van der Waals surface area contributed by atoms with Crippen molar-refractivity contribution in [3.05, 3.63) is 57.1 Å². The van der Waals surface area contributed by atoms with E-state index in [0.29, 0.717) is 10.7 Å². The minimum atomic E-state index is -1.02. The molecule has 0 fully saturated rings. The Morgan fingerprint density at radius 3 is 2.77 bits per heavy atom. The molecule has 2 N–H and O–H groups in total. The topological polar surface area (TPSA) is 101 Å². The van der Waals surface area contributed by atoms with Crippen LogP contribution >= 0.6 is 23.4 Å². The molecule has 0 bridgehead atoms. The van der Waals surface area contributed by atoms with Crippen LogP contribution in [-0.4, -0.2) is 26.6 Å². The van der Waals surface area contributed by atoms with Gasteiger partial charge in [-0.2, -0.15) is 0 Å². The zero-order valence-electron chi connectivity index (χ0n) is 12.8. The summed E-state index contributed by atoms with van der Waals surface area (Å²) in [5, 5.41) is 13.7. The zero-order chi connectivity index (χ0) is 18.8. The zero-order valence-corrected chi connectivity index (χ0v) is 14.3. The summed E-state index contributed by atoms with van der Waals surface area (Å²) < 4.78 is 26.4. The molecule has 3 aromatic rings. The number of aromatic amines is 1. The number of non-ortho nitro benzene ring substituents is 1. The number of hydrogen-bond acceptors (Lipinski definition) is 5. The molecule has 2 aromatic carbocycles. The highest BCUT2D eigenvalue weighted by Gasteiger charge is 2.14. The number of halogens is 3. The van der Waals surface area contributed by atoms with Crippen molar-refractivity contribution < 1.29 is 18.5 Å². The number of hydrogen-bond donors (Lipinski definition) is 2. The monoisotopic (exact) mass is 398 g/mol. The van der Waals surface area contributed by atoms with Crippen LogP contribution in [-0.2, 0) is 4.79 Å². The number of nitro benzene ring substituents is 1. The van der Waals surface area contributed by atoms with Gasteiger partial charge in [0, 0.05) is 24.3 Å². The van der Waals surface area contributed by atoms with Gasteiger partial charge in [-0.15, -0.1) is 0 Å². The molecule has 0 spiro atoms. The number of nitro groups is 1. The van der Waals surface area contributed by atoms with Crippen molar-refractivity contribution in [1.82, 2.24) is 9.97 Å². The number of aromatic nitrogens is 2. The highest BCUT2D eigenvalue weighted by Crippen LogP contribution is 2.27. The number of carbonyl (C=O) groups is 1. The maximum absolute atomic E-state index is 13.2. The SMILES string of the molecule is O=C(CSc1nc2cc(F)c(F)cc2[nH]1)Nc1cc([N+](=O)[O-])ccc1Cl. The Kier molecular flexibility index (Phi) is 5.05. The molecule has 1 aromatic heterocycles. The van der Waals surface area contributed by atoms with E-state index < -0.39 is 22.5 Å². The number of anilines is 1. The van der Waals surface area contributed by atoms with Gasteiger partial charge in [-0.3, -0.25) is 14.9 Å². The second-order valence-electron chi connectivity index (χ2n) is 5.08. The Morgan fingerprint density at radius 1 is 1.31 bits per heavy atom. The first-order chi connectivity index (χ1) is 12.3. The number of benzene rings is 2. The lowest BCUT2D eigenvalue weighted by Crippen LogP contribution is -2.14. The van der Waals surface area contributed by atoms with Crippen LogP contribution < -0.4 is 5.32 Å². The van der Waals surface area contributed by atoms with Gasteiger partial charge in [0.25, 0.3) is 5.69 Å². The van der Waals surface area contributed by atoms with Gasteiger partial charge in [0.2, 0.25) is 5.91 Å². The van der Waals surface area contributed by atoms with Crippen molar-refractivity contribution in [2.75, 3.05) is 11.1 Å². The van der Waals surface area contributed by atoms with E-state index in [4.69, 9.17) is 11.6 Å². The molecule has 0 aliphatic rings. The second kappa shape index (κ2) is 7.26. The summed E-state index contributed by atoms with van der Waals surface area (Å²) in [7, 11) is 0. The summed E-state index contributed by atoms with van der Waals surface area (Å²) in [5.41, 5.74) is 0.431. The van der Waals surface area contributed by atoms with Crippen LogP contribution in [0, 0.1) is 21.7 Å². The molecule has 1 amide bonds. The number of amides is 1. The van der Waals surface area contributed by atoms with E-state index in [1.165, 1.54) is 12.1 Å². The maximum atomic E-state index is 13.2.